The van der Waals surface area contributed by atoms with Gasteiger partial charge >= 0.3 is 0 Å². The van der Waals surface area contributed by atoms with Crippen LogP contribution in [-0.4, -0.2) is 27.0 Å². The summed E-state index contributed by atoms with van der Waals surface area (Å²) in [5, 5.41) is 2.90. The van der Waals surface area contributed by atoms with Gasteiger partial charge in [-0.1, -0.05) is 54.6 Å². The largest absolute Gasteiger partial charge is 0.377 e. The molecule has 1 amide bonds. The lowest BCUT2D eigenvalue weighted by atomic mass is 10.2. The molecule has 4 rings (SSSR count). The third kappa shape index (κ3) is 4.45. The van der Waals surface area contributed by atoms with Crippen LogP contribution >= 0.6 is 0 Å². The highest BCUT2D eigenvalue weighted by atomic mass is 16.5. The quantitative estimate of drug-likeness (QED) is 0.489. The number of imidazole rings is 1. The third-order valence-corrected chi connectivity index (χ3v) is 4.57. The standard InChI is InChI=1S/C24H22N4O2/c1-2-30-17-18-13-14-21(25-15-18)23(29)27-24-26-22(19-9-5-3-6-10-19)16-28(24)20-11-7-4-8-12-20/h3-16H,2,17H2,1H3,(H,26,27,29). The lowest BCUT2D eigenvalue weighted by Crippen LogP contribution is -2.16. The van der Waals surface area contributed by atoms with E-state index in [2.05, 4.69) is 15.3 Å². The summed E-state index contributed by atoms with van der Waals surface area (Å²) in [6, 6.07) is 23.2. The maximum Gasteiger partial charge on any atom is 0.276 e. The maximum atomic E-state index is 12.8. The van der Waals surface area contributed by atoms with Crippen LogP contribution in [0.25, 0.3) is 16.9 Å². The lowest BCUT2D eigenvalue weighted by Gasteiger charge is -2.09. The van der Waals surface area contributed by atoms with Gasteiger partial charge in [-0.25, -0.2) is 4.98 Å². The fourth-order valence-electron chi connectivity index (χ4n) is 3.03. The molecule has 6 nitrogen and oxygen atoms in total. The summed E-state index contributed by atoms with van der Waals surface area (Å²) >= 11 is 0. The van der Waals surface area contributed by atoms with Crippen LogP contribution in [0.5, 0.6) is 0 Å². The van der Waals surface area contributed by atoms with Gasteiger partial charge in [-0.2, -0.15) is 0 Å². The van der Waals surface area contributed by atoms with E-state index in [1.54, 1.807) is 12.3 Å². The van der Waals surface area contributed by atoms with Crippen molar-refractivity contribution in [3.05, 3.63) is 96.4 Å². The fraction of sp³-hybridized carbons (Fsp3) is 0.125. The molecule has 6 heteroatoms. The second-order valence-electron chi connectivity index (χ2n) is 6.66. The van der Waals surface area contributed by atoms with Crippen molar-refractivity contribution in [2.24, 2.45) is 0 Å². The molecule has 0 aliphatic rings. The molecule has 0 fully saturated rings. The van der Waals surface area contributed by atoms with E-state index in [1.165, 1.54) is 0 Å². The number of ether oxygens (including phenoxy) is 1. The van der Waals surface area contributed by atoms with Crippen LogP contribution in [0, 0.1) is 0 Å². The van der Waals surface area contributed by atoms with E-state index < -0.39 is 0 Å². The Labute approximate surface area is 175 Å². The normalized spacial score (nSPS) is 10.7. The average molecular weight is 398 g/mol. The Bertz CT molecular complexity index is 1110. The molecule has 0 spiro atoms. The van der Waals surface area contributed by atoms with E-state index in [4.69, 9.17) is 4.74 Å². The van der Waals surface area contributed by atoms with E-state index >= 15 is 0 Å². The van der Waals surface area contributed by atoms with Gasteiger partial charge in [-0.3, -0.25) is 19.7 Å². The molecule has 0 aliphatic carbocycles. The van der Waals surface area contributed by atoms with Crippen LogP contribution in [0.1, 0.15) is 23.0 Å². The first-order valence-corrected chi connectivity index (χ1v) is 9.79. The molecule has 0 unspecified atom stereocenters. The first kappa shape index (κ1) is 19.5. The van der Waals surface area contributed by atoms with Gasteiger partial charge < -0.3 is 4.74 Å². The smallest absolute Gasteiger partial charge is 0.276 e. The monoisotopic (exact) mass is 398 g/mol. The van der Waals surface area contributed by atoms with Gasteiger partial charge in [0.05, 0.1) is 12.3 Å². The Morgan fingerprint density at radius 3 is 2.40 bits per heavy atom. The Morgan fingerprint density at radius 1 is 1.00 bits per heavy atom. The summed E-state index contributed by atoms with van der Waals surface area (Å²) < 4.78 is 7.24. The molecule has 0 radical (unpaired) electrons. The third-order valence-electron chi connectivity index (χ3n) is 4.57. The molecule has 2 heterocycles. The topological polar surface area (TPSA) is 69.0 Å². The number of hydrogen-bond acceptors (Lipinski definition) is 4. The predicted octanol–water partition coefficient (Wildman–Crippen LogP) is 4.72. The summed E-state index contributed by atoms with van der Waals surface area (Å²) in [6.45, 7) is 3.05. The number of pyridine rings is 1. The number of hydrogen-bond donors (Lipinski definition) is 1. The number of nitrogens with one attached hydrogen (secondary N) is 1. The Kier molecular flexibility index (Phi) is 5.96. The zero-order valence-electron chi connectivity index (χ0n) is 16.7. The Hall–Kier alpha value is -3.77. The zero-order chi connectivity index (χ0) is 20.8. The maximum absolute atomic E-state index is 12.8. The summed E-state index contributed by atoms with van der Waals surface area (Å²) in [5.41, 5.74) is 3.89. The predicted molar refractivity (Wildman–Crippen MR) is 117 cm³/mol. The second-order valence-corrected chi connectivity index (χ2v) is 6.66. The average Bonchev–Trinajstić information content (AvgIpc) is 3.23. The van der Waals surface area contributed by atoms with E-state index in [-0.39, 0.29) is 5.91 Å². The van der Waals surface area contributed by atoms with Crippen molar-refractivity contribution in [2.75, 3.05) is 11.9 Å². The highest BCUT2D eigenvalue weighted by molar-refractivity contribution is 6.02. The van der Waals surface area contributed by atoms with Gasteiger partial charge in [-0.05, 0) is 30.7 Å². The number of aromatic nitrogens is 3. The lowest BCUT2D eigenvalue weighted by molar-refractivity contribution is 0.102. The van der Waals surface area contributed by atoms with E-state index in [1.807, 2.05) is 84.4 Å². The minimum absolute atomic E-state index is 0.319. The molecule has 0 saturated heterocycles. The first-order valence-electron chi connectivity index (χ1n) is 9.79. The highest BCUT2D eigenvalue weighted by Gasteiger charge is 2.15. The van der Waals surface area contributed by atoms with Gasteiger partial charge in [0.1, 0.15) is 5.69 Å². The second kappa shape index (κ2) is 9.15. The highest BCUT2D eigenvalue weighted by Crippen LogP contribution is 2.24. The zero-order valence-corrected chi connectivity index (χ0v) is 16.7. The molecular weight excluding hydrogens is 376 g/mol. The number of benzene rings is 2. The van der Waals surface area contributed by atoms with Crippen LogP contribution in [0.15, 0.2) is 85.2 Å². The SMILES string of the molecule is CCOCc1ccc(C(=O)Nc2nc(-c3ccccc3)cn2-c2ccccc2)nc1. The summed E-state index contributed by atoms with van der Waals surface area (Å²) in [6.07, 6.45) is 3.57. The molecule has 0 saturated carbocycles. The number of anilines is 1. The molecule has 2 aromatic heterocycles. The van der Waals surface area contributed by atoms with Crippen molar-refractivity contribution in [3.63, 3.8) is 0 Å². The van der Waals surface area contributed by atoms with E-state index in [0.717, 1.165) is 22.5 Å². The number of nitrogens with zero attached hydrogens (tertiary/aromatic N) is 3. The van der Waals surface area contributed by atoms with E-state index in [0.29, 0.717) is 24.9 Å². The molecule has 4 aromatic rings. The number of rotatable bonds is 7. The van der Waals surface area contributed by atoms with Crippen molar-refractivity contribution < 1.29 is 9.53 Å². The van der Waals surface area contributed by atoms with Gasteiger partial charge in [0.2, 0.25) is 5.95 Å². The van der Waals surface area contributed by atoms with Crippen molar-refractivity contribution in [1.29, 1.82) is 0 Å². The molecule has 0 bridgehead atoms. The van der Waals surface area contributed by atoms with Crippen LogP contribution in [-0.2, 0) is 11.3 Å². The molecule has 0 aliphatic heterocycles. The number of amides is 1. The van der Waals surface area contributed by atoms with Crippen LogP contribution < -0.4 is 5.32 Å². The Balaban J connectivity index is 1.62. The van der Waals surface area contributed by atoms with Crippen LogP contribution in [0.2, 0.25) is 0 Å². The molecule has 150 valence electrons. The van der Waals surface area contributed by atoms with Gasteiger partial charge in [-0.15, -0.1) is 0 Å². The molecule has 1 N–H and O–H groups in total. The summed E-state index contributed by atoms with van der Waals surface area (Å²) in [7, 11) is 0. The van der Waals surface area contributed by atoms with Crippen molar-refractivity contribution in [2.45, 2.75) is 13.5 Å². The van der Waals surface area contributed by atoms with Crippen LogP contribution in [0.3, 0.4) is 0 Å². The number of carbonyl (C=O) groups is 1. The van der Waals surface area contributed by atoms with Gasteiger partial charge in [0, 0.05) is 30.3 Å². The van der Waals surface area contributed by atoms with Crippen molar-refractivity contribution >= 4 is 11.9 Å². The summed E-state index contributed by atoms with van der Waals surface area (Å²) in [5.74, 6) is 0.116. The van der Waals surface area contributed by atoms with E-state index in [9.17, 15) is 4.79 Å². The number of para-hydroxylation sites is 1. The minimum atomic E-state index is -0.319. The fourth-order valence-corrected chi connectivity index (χ4v) is 3.03. The summed E-state index contributed by atoms with van der Waals surface area (Å²) in [4.78, 5) is 21.7. The Morgan fingerprint density at radius 2 is 1.73 bits per heavy atom. The molecule has 0 atom stereocenters. The van der Waals surface area contributed by atoms with Crippen LogP contribution in [0.4, 0.5) is 5.95 Å². The molecule has 30 heavy (non-hydrogen) atoms. The first-order chi connectivity index (χ1) is 14.7. The van der Waals surface area contributed by atoms with Gasteiger partial charge in [0.15, 0.2) is 0 Å². The molecule has 2 aromatic carbocycles. The number of carbonyl (C=O) groups excluding carboxylic acids is 1. The van der Waals surface area contributed by atoms with Crippen molar-refractivity contribution in [1.82, 2.24) is 14.5 Å². The van der Waals surface area contributed by atoms with Crippen molar-refractivity contribution in [3.8, 4) is 16.9 Å². The van der Waals surface area contributed by atoms with Gasteiger partial charge in [0.25, 0.3) is 5.91 Å². The molecular formula is C24H22N4O2. The minimum Gasteiger partial charge on any atom is -0.377 e.